The monoisotopic (exact) mass is 350 g/mol. The van der Waals surface area contributed by atoms with Crippen molar-refractivity contribution >= 4 is 17.6 Å². The van der Waals surface area contributed by atoms with Crippen LogP contribution in [0.1, 0.15) is 15.9 Å². The molecule has 0 aromatic heterocycles. The lowest BCUT2D eigenvalue weighted by Gasteiger charge is -2.12. The molecule has 0 fully saturated rings. The van der Waals surface area contributed by atoms with Crippen molar-refractivity contribution in [3.63, 3.8) is 0 Å². The van der Waals surface area contributed by atoms with Crippen molar-refractivity contribution in [1.82, 2.24) is 0 Å². The molecule has 0 heterocycles. The lowest BCUT2D eigenvalue weighted by Crippen LogP contribution is -2.85. The molecule has 0 aliphatic rings. The van der Waals surface area contributed by atoms with Crippen LogP contribution in [0.2, 0.25) is 5.02 Å². The van der Waals surface area contributed by atoms with Crippen molar-refractivity contribution < 1.29 is 24.7 Å². The number of ether oxygens (including phenoxy) is 2. The van der Waals surface area contributed by atoms with Gasteiger partial charge in [-0.3, -0.25) is 0 Å². The van der Waals surface area contributed by atoms with Gasteiger partial charge in [0.25, 0.3) is 0 Å². The topological polar surface area (TPSA) is 72.4 Å². The molecule has 0 aliphatic carbocycles. The number of quaternary nitrogens is 1. The highest BCUT2D eigenvalue weighted by molar-refractivity contribution is 6.30. The van der Waals surface area contributed by atoms with E-state index in [9.17, 15) is 9.90 Å². The Kier molecular flexibility index (Phi) is 7.06. The van der Waals surface area contributed by atoms with Gasteiger partial charge in [0.2, 0.25) is 0 Å². The molecule has 0 bridgehead atoms. The molecule has 0 aliphatic heterocycles. The number of hydrogen-bond donors (Lipinski definition) is 2. The molecule has 24 heavy (non-hydrogen) atoms. The average molecular weight is 351 g/mol. The van der Waals surface area contributed by atoms with Crippen LogP contribution in [0.5, 0.6) is 5.75 Å². The maximum absolute atomic E-state index is 11.3. The molecular weight excluding hydrogens is 330 g/mol. The first-order chi connectivity index (χ1) is 11.6. The SMILES string of the molecule is COC(=O)c1ccc(OC[C@H](O)C[NH2+]Cc2cccc(Cl)c2)cc1. The highest BCUT2D eigenvalue weighted by atomic mass is 35.5. The fourth-order valence-corrected chi connectivity index (χ4v) is 2.38. The first-order valence-corrected chi connectivity index (χ1v) is 8.01. The molecule has 0 radical (unpaired) electrons. The van der Waals surface area contributed by atoms with Gasteiger partial charge in [0.1, 0.15) is 31.5 Å². The van der Waals surface area contributed by atoms with E-state index in [0.29, 0.717) is 22.9 Å². The molecule has 0 saturated heterocycles. The smallest absolute Gasteiger partial charge is 0.337 e. The fraction of sp³-hybridized carbons (Fsp3) is 0.278. The van der Waals surface area contributed by atoms with Crippen molar-refractivity contribution in [3.8, 4) is 5.75 Å². The molecule has 128 valence electrons. The van der Waals surface area contributed by atoms with E-state index in [-0.39, 0.29) is 6.61 Å². The van der Waals surface area contributed by atoms with Gasteiger partial charge in [-0.05, 0) is 36.4 Å². The molecule has 2 aromatic carbocycles. The second kappa shape index (κ2) is 9.27. The zero-order chi connectivity index (χ0) is 17.4. The van der Waals surface area contributed by atoms with Gasteiger partial charge >= 0.3 is 5.97 Å². The highest BCUT2D eigenvalue weighted by Crippen LogP contribution is 2.13. The standard InChI is InChI=1S/C18H20ClNO4/c1-23-18(22)14-5-7-17(8-6-14)24-12-16(21)11-20-10-13-3-2-4-15(19)9-13/h2-9,16,20-21H,10-12H2,1H3/p+1/t16-/m1/s1. The van der Waals surface area contributed by atoms with Gasteiger partial charge in [0.15, 0.2) is 0 Å². The molecule has 0 amide bonds. The maximum atomic E-state index is 11.3. The van der Waals surface area contributed by atoms with Gasteiger partial charge in [-0.15, -0.1) is 0 Å². The molecule has 5 nitrogen and oxygen atoms in total. The van der Waals surface area contributed by atoms with E-state index >= 15 is 0 Å². The van der Waals surface area contributed by atoms with E-state index in [0.717, 1.165) is 12.1 Å². The van der Waals surface area contributed by atoms with Crippen LogP contribution in [-0.2, 0) is 11.3 Å². The maximum Gasteiger partial charge on any atom is 0.337 e. The summed E-state index contributed by atoms with van der Waals surface area (Å²) < 4.78 is 10.1. The molecule has 3 N–H and O–H groups in total. The molecular formula is C18H21ClNO4+. The summed E-state index contributed by atoms with van der Waals surface area (Å²) in [6.45, 7) is 1.45. The fourth-order valence-electron chi connectivity index (χ4n) is 2.17. The van der Waals surface area contributed by atoms with Gasteiger partial charge in [0.05, 0.1) is 12.7 Å². The van der Waals surface area contributed by atoms with Crippen molar-refractivity contribution in [2.45, 2.75) is 12.6 Å². The number of rotatable bonds is 8. The van der Waals surface area contributed by atoms with Crippen LogP contribution in [0.25, 0.3) is 0 Å². The second-order valence-electron chi connectivity index (χ2n) is 5.34. The first-order valence-electron chi connectivity index (χ1n) is 7.64. The zero-order valence-electron chi connectivity index (χ0n) is 13.4. The van der Waals surface area contributed by atoms with E-state index in [4.69, 9.17) is 16.3 Å². The van der Waals surface area contributed by atoms with Crippen molar-refractivity contribution in [2.24, 2.45) is 0 Å². The summed E-state index contributed by atoms with van der Waals surface area (Å²) in [5.74, 6) is 0.203. The summed E-state index contributed by atoms with van der Waals surface area (Å²) in [6, 6.07) is 14.2. The van der Waals surface area contributed by atoms with Crippen LogP contribution in [0.4, 0.5) is 0 Å². The quantitative estimate of drug-likeness (QED) is 0.710. The Morgan fingerprint density at radius 1 is 1.25 bits per heavy atom. The van der Waals surface area contributed by atoms with Crippen LogP contribution in [0.3, 0.4) is 0 Å². The van der Waals surface area contributed by atoms with E-state index < -0.39 is 12.1 Å². The minimum Gasteiger partial charge on any atom is -0.491 e. The first kappa shape index (κ1) is 18.3. The van der Waals surface area contributed by atoms with Gasteiger partial charge in [-0.25, -0.2) is 4.79 Å². The Morgan fingerprint density at radius 2 is 2.00 bits per heavy atom. The number of esters is 1. The number of carbonyl (C=O) groups excluding carboxylic acids is 1. The zero-order valence-corrected chi connectivity index (χ0v) is 14.2. The number of aliphatic hydroxyl groups is 1. The molecule has 0 saturated carbocycles. The predicted molar refractivity (Wildman–Crippen MR) is 91.2 cm³/mol. The summed E-state index contributed by atoms with van der Waals surface area (Å²) in [5.41, 5.74) is 1.56. The Morgan fingerprint density at radius 3 is 2.67 bits per heavy atom. The third-order valence-corrected chi connectivity index (χ3v) is 3.66. The number of carbonyl (C=O) groups is 1. The number of nitrogens with two attached hydrogens (primary N) is 1. The number of aliphatic hydroxyl groups excluding tert-OH is 1. The van der Waals surface area contributed by atoms with E-state index in [1.807, 2.05) is 29.6 Å². The van der Waals surface area contributed by atoms with Crippen molar-refractivity contribution in [2.75, 3.05) is 20.3 Å². The van der Waals surface area contributed by atoms with E-state index in [2.05, 4.69) is 4.74 Å². The normalized spacial score (nSPS) is 11.8. The molecule has 0 spiro atoms. The largest absolute Gasteiger partial charge is 0.491 e. The number of halogens is 1. The third kappa shape index (κ3) is 5.85. The van der Waals surface area contributed by atoms with Crippen LogP contribution in [0, 0.1) is 0 Å². The van der Waals surface area contributed by atoms with Crippen molar-refractivity contribution in [1.29, 1.82) is 0 Å². The average Bonchev–Trinajstić information content (AvgIpc) is 2.60. The molecule has 6 heteroatoms. The Hall–Kier alpha value is -2.08. The Balaban J connectivity index is 1.71. The van der Waals surface area contributed by atoms with Gasteiger partial charge in [0, 0.05) is 10.6 Å². The Labute approximate surface area is 146 Å². The van der Waals surface area contributed by atoms with Gasteiger partial charge < -0.3 is 19.9 Å². The summed E-state index contributed by atoms with van der Waals surface area (Å²) in [5, 5.41) is 12.7. The summed E-state index contributed by atoms with van der Waals surface area (Å²) in [6.07, 6.45) is -0.593. The molecule has 2 rings (SSSR count). The molecule has 0 unspecified atom stereocenters. The lowest BCUT2D eigenvalue weighted by molar-refractivity contribution is -0.676. The van der Waals surface area contributed by atoms with E-state index in [1.54, 1.807) is 24.3 Å². The summed E-state index contributed by atoms with van der Waals surface area (Å²) >= 11 is 5.93. The lowest BCUT2D eigenvalue weighted by atomic mass is 10.2. The van der Waals surface area contributed by atoms with Gasteiger partial charge in [-0.1, -0.05) is 23.7 Å². The van der Waals surface area contributed by atoms with Crippen LogP contribution < -0.4 is 10.1 Å². The minimum absolute atomic E-state index is 0.184. The highest BCUT2D eigenvalue weighted by Gasteiger charge is 2.09. The number of methoxy groups -OCH3 is 1. The predicted octanol–water partition coefficient (Wildman–Crippen LogP) is 1.63. The molecule has 2 aromatic rings. The molecule has 1 atom stereocenters. The van der Waals surface area contributed by atoms with Crippen LogP contribution in [0.15, 0.2) is 48.5 Å². The summed E-state index contributed by atoms with van der Waals surface area (Å²) in [7, 11) is 1.34. The van der Waals surface area contributed by atoms with Crippen LogP contribution >= 0.6 is 11.6 Å². The number of hydrogen-bond acceptors (Lipinski definition) is 4. The number of benzene rings is 2. The van der Waals surface area contributed by atoms with Crippen LogP contribution in [-0.4, -0.2) is 37.4 Å². The minimum atomic E-state index is -0.593. The third-order valence-electron chi connectivity index (χ3n) is 3.43. The second-order valence-corrected chi connectivity index (χ2v) is 5.78. The van der Waals surface area contributed by atoms with Gasteiger partial charge in [-0.2, -0.15) is 0 Å². The van der Waals surface area contributed by atoms with E-state index in [1.165, 1.54) is 7.11 Å². The van der Waals surface area contributed by atoms with Crippen molar-refractivity contribution in [3.05, 3.63) is 64.7 Å². The summed E-state index contributed by atoms with van der Waals surface area (Å²) in [4.78, 5) is 11.3. The Bertz CT molecular complexity index is 660.